The molecule has 0 fully saturated rings. The van der Waals surface area contributed by atoms with Gasteiger partial charge in [0.05, 0.1) is 0 Å². The van der Waals surface area contributed by atoms with Gasteiger partial charge in [0.15, 0.2) is 0 Å². The van der Waals surface area contributed by atoms with Crippen LogP contribution in [0.1, 0.15) is 32.8 Å². The van der Waals surface area contributed by atoms with Gasteiger partial charge in [-0.3, -0.25) is 0 Å². The maximum atomic E-state index is 5.51. The second-order valence-electron chi connectivity index (χ2n) is 4.68. The van der Waals surface area contributed by atoms with Gasteiger partial charge in [0.1, 0.15) is 0 Å². The second kappa shape index (κ2) is 7.57. The minimum atomic E-state index is 0.608. The first-order valence-electron chi connectivity index (χ1n) is 6.23. The third kappa shape index (κ3) is 5.42. The van der Waals surface area contributed by atoms with Gasteiger partial charge in [-0.05, 0) is 48.3 Å². The summed E-state index contributed by atoms with van der Waals surface area (Å²) in [6.07, 6.45) is 3.33. The Hall–Kier alpha value is -0.730. The Morgan fingerprint density at radius 2 is 1.94 bits per heavy atom. The predicted molar refractivity (Wildman–Crippen MR) is 79.3 cm³/mol. The van der Waals surface area contributed by atoms with E-state index in [1.165, 1.54) is 28.2 Å². The Morgan fingerprint density at radius 1 is 1.29 bits per heavy atom. The van der Waals surface area contributed by atoms with E-state index in [4.69, 9.17) is 5.73 Å². The van der Waals surface area contributed by atoms with Crippen LogP contribution in [0.15, 0.2) is 35.2 Å². The number of thioether (sulfide) groups is 1. The summed E-state index contributed by atoms with van der Waals surface area (Å²) in [6.45, 7) is 7.25. The molecule has 1 rings (SSSR count). The molecule has 2 heteroatoms. The van der Waals surface area contributed by atoms with Gasteiger partial charge in [0, 0.05) is 11.4 Å². The van der Waals surface area contributed by atoms with Crippen LogP contribution in [-0.4, -0.2) is 12.3 Å². The summed E-state index contributed by atoms with van der Waals surface area (Å²) >= 11 is 1.94. The van der Waals surface area contributed by atoms with Gasteiger partial charge in [-0.2, -0.15) is 0 Å². The van der Waals surface area contributed by atoms with Crippen molar-refractivity contribution in [3.8, 4) is 0 Å². The van der Waals surface area contributed by atoms with E-state index < -0.39 is 0 Å². The lowest BCUT2D eigenvalue weighted by molar-refractivity contribution is 0.632. The summed E-state index contributed by atoms with van der Waals surface area (Å²) < 4.78 is 0. The highest BCUT2D eigenvalue weighted by Gasteiger charge is 1.98. The van der Waals surface area contributed by atoms with E-state index in [1.54, 1.807) is 0 Å². The van der Waals surface area contributed by atoms with Crippen LogP contribution in [-0.2, 0) is 0 Å². The molecular weight excluding hydrogens is 226 g/mol. The molecule has 1 aromatic carbocycles. The Morgan fingerprint density at radius 3 is 2.47 bits per heavy atom. The normalized spacial score (nSPS) is 12.2. The monoisotopic (exact) mass is 249 g/mol. The zero-order valence-electron chi connectivity index (χ0n) is 11.1. The van der Waals surface area contributed by atoms with Crippen LogP contribution in [0.25, 0.3) is 5.57 Å². The Bertz CT molecular complexity index is 352. The summed E-state index contributed by atoms with van der Waals surface area (Å²) in [5, 5.41) is 0. The standard InChI is InChI=1S/C15H23NS/c1-12(2)9-11-17-15-6-4-14(5-7-15)13(3)8-10-16/h4-8,12H,9-11,16H2,1-3H3. The lowest BCUT2D eigenvalue weighted by Crippen LogP contribution is -1.94. The van der Waals surface area contributed by atoms with E-state index >= 15 is 0 Å². The molecule has 1 aromatic rings. The molecule has 0 radical (unpaired) electrons. The minimum Gasteiger partial charge on any atom is -0.327 e. The molecule has 0 aliphatic carbocycles. The third-order valence-corrected chi connectivity index (χ3v) is 3.74. The van der Waals surface area contributed by atoms with Crippen molar-refractivity contribution in [3.05, 3.63) is 35.9 Å². The maximum Gasteiger partial charge on any atom is 0.0112 e. The zero-order valence-corrected chi connectivity index (χ0v) is 11.9. The second-order valence-corrected chi connectivity index (χ2v) is 5.85. The van der Waals surface area contributed by atoms with E-state index in [0.717, 1.165) is 5.92 Å². The molecule has 2 N–H and O–H groups in total. The molecule has 0 spiro atoms. The highest BCUT2D eigenvalue weighted by atomic mass is 32.2. The van der Waals surface area contributed by atoms with Gasteiger partial charge < -0.3 is 5.73 Å². The highest BCUT2D eigenvalue weighted by molar-refractivity contribution is 7.99. The summed E-state index contributed by atoms with van der Waals surface area (Å²) in [4.78, 5) is 1.36. The molecule has 0 aliphatic rings. The van der Waals surface area contributed by atoms with Crippen molar-refractivity contribution in [2.24, 2.45) is 11.7 Å². The predicted octanol–water partition coefficient (Wildman–Crippen LogP) is 4.19. The molecule has 0 amide bonds. The number of hydrogen-bond donors (Lipinski definition) is 1. The molecule has 0 aromatic heterocycles. The zero-order chi connectivity index (χ0) is 12.7. The SMILES string of the molecule is CC(=CCN)c1ccc(SCCC(C)C)cc1. The fourth-order valence-electron chi connectivity index (χ4n) is 1.52. The van der Waals surface area contributed by atoms with Crippen molar-refractivity contribution in [2.75, 3.05) is 12.3 Å². The molecule has 0 saturated carbocycles. The van der Waals surface area contributed by atoms with E-state index in [0.29, 0.717) is 6.54 Å². The highest BCUT2D eigenvalue weighted by Crippen LogP contribution is 2.23. The average molecular weight is 249 g/mol. The molecule has 17 heavy (non-hydrogen) atoms. The van der Waals surface area contributed by atoms with Crippen LogP contribution in [0.3, 0.4) is 0 Å². The quantitative estimate of drug-likeness (QED) is 0.765. The Labute approximate surface area is 109 Å². The van der Waals surface area contributed by atoms with Crippen molar-refractivity contribution < 1.29 is 0 Å². The first-order valence-corrected chi connectivity index (χ1v) is 7.22. The van der Waals surface area contributed by atoms with E-state index in [-0.39, 0.29) is 0 Å². The molecule has 0 saturated heterocycles. The van der Waals surface area contributed by atoms with Gasteiger partial charge in [0.2, 0.25) is 0 Å². The summed E-state index contributed by atoms with van der Waals surface area (Å²) in [6, 6.07) is 8.76. The van der Waals surface area contributed by atoms with Gasteiger partial charge in [-0.25, -0.2) is 0 Å². The van der Waals surface area contributed by atoms with Crippen molar-refractivity contribution in [2.45, 2.75) is 32.1 Å². The van der Waals surface area contributed by atoms with Crippen LogP contribution >= 0.6 is 11.8 Å². The largest absolute Gasteiger partial charge is 0.327 e. The van der Waals surface area contributed by atoms with Crippen molar-refractivity contribution in [1.82, 2.24) is 0 Å². The lowest BCUT2D eigenvalue weighted by atomic mass is 10.1. The van der Waals surface area contributed by atoms with Crippen LogP contribution in [0.4, 0.5) is 0 Å². The van der Waals surface area contributed by atoms with Crippen LogP contribution in [0.2, 0.25) is 0 Å². The summed E-state index contributed by atoms with van der Waals surface area (Å²) in [5.74, 6) is 1.99. The number of nitrogens with two attached hydrogens (primary N) is 1. The summed E-state index contributed by atoms with van der Waals surface area (Å²) in [7, 11) is 0. The Balaban J connectivity index is 2.53. The van der Waals surface area contributed by atoms with Crippen molar-refractivity contribution in [3.63, 3.8) is 0 Å². The van der Waals surface area contributed by atoms with Gasteiger partial charge in [-0.1, -0.05) is 32.1 Å². The first kappa shape index (κ1) is 14.3. The fourth-order valence-corrected chi connectivity index (χ4v) is 2.67. The maximum absolute atomic E-state index is 5.51. The van der Waals surface area contributed by atoms with Crippen LogP contribution < -0.4 is 5.73 Å². The molecule has 94 valence electrons. The Kier molecular flexibility index (Phi) is 6.38. The number of rotatable bonds is 6. The smallest absolute Gasteiger partial charge is 0.0112 e. The molecular formula is C15H23NS. The molecule has 0 unspecified atom stereocenters. The fraction of sp³-hybridized carbons (Fsp3) is 0.467. The summed E-state index contributed by atoms with van der Waals surface area (Å²) in [5.41, 5.74) is 8.03. The average Bonchev–Trinajstić information content (AvgIpc) is 2.30. The van der Waals surface area contributed by atoms with Gasteiger partial charge in [-0.15, -0.1) is 11.8 Å². The molecule has 0 bridgehead atoms. The number of allylic oxidation sites excluding steroid dienone is 1. The molecule has 0 heterocycles. The molecule has 0 atom stereocenters. The minimum absolute atomic E-state index is 0.608. The number of benzene rings is 1. The lowest BCUT2D eigenvalue weighted by Gasteiger charge is -2.06. The number of hydrogen-bond acceptors (Lipinski definition) is 2. The molecule has 1 nitrogen and oxygen atoms in total. The third-order valence-electron chi connectivity index (χ3n) is 2.70. The van der Waals surface area contributed by atoms with Crippen LogP contribution in [0, 0.1) is 5.92 Å². The topological polar surface area (TPSA) is 26.0 Å². The first-order chi connectivity index (χ1) is 8.13. The molecule has 0 aliphatic heterocycles. The van der Waals surface area contributed by atoms with Gasteiger partial charge in [0.25, 0.3) is 0 Å². The van der Waals surface area contributed by atoms with E-state index in [2.05, 4.69) is 51.1 Å². The van der Waals surface area contributed by atoms with Gasteiger partial charge >= 0.3 is 0 Å². The van der Waals surface area contributed by atoms with E-state index in [1.807, 2.05) is 11.8 Å². The van der Waals surface area contributed by atoms with E-state index in [9.17, 15) is 0 Å². The van der Waals surface area contributed by atoms with Crippen molar-refractivity contribution >= 4 is 17.3 Å². The van der Waals surface area contributed by atoms with Crippen LogP contribution in [0.5, 0.6) is 0 Å². The van der Waals surface area contributed by atoms with Crippen molar-refractivity contribution in [1.29, 1.82) is 0 Å².